The van der Waals surface area contributed by atoms with Crippen molar-refractivity contribution in [2.75, 3.05) is 45.6 Å². The van der Waals surface area contributed by atoms with Crippen LogP contribution in [0.3, 0.4) is 0 Å². The zero-order chi connectivity index (χ0) is 24.5. The number of sulfonamides is 1. The van der Waals surface area contributed by atoms with Gasteiger partial charge in [-0.25, -0.2) is 12.7 Å². The highest BCUT2D eigenvalue weighted by Crippen LogP contribution is 2.30. The molecular weight excluding hydrogens is 480 g/mol. The summed E-state index contributed by atoms with van der Waals surface area (Å²) in [5.74, 6) is -0.119. The van der Waals surface area contributed by atoms with E-state index in [0.29, 0.717) is 41.5 Å². The summed E-state index contributed by atoms with van der Waals surface area (Å²) in [7, 11) is -2.30. The second-order valence-electron chi connectivity index (χ2n) is 8.47. The summed E-state index contributed by atoms with van der Waals surface area (Å²) >= 11 is 6.05. The number of carbonyl (C=O) groups is 2. The van der Waals surface area contributed by atoms with Gasteiger partial charge < -0.3 is 20.7 Å². The van der Waals surface area contributed by atoms with E-state index in [9.17, 15) is 18.0 Å². The second-order valence-corrected chi connectivity index (χ2v) is 10.7. The first-order chi connectivity index (χ1) is 16.2. The number of hydrogen-bond acceptors (Lipinski definition) is 7. The average molecular weight is 507 g/mol. The van der Waals surface area contributed by atoms with E-state index in [-0.39, 0.29) is 28.8 Å². The molecule has 2 aliphatic heterocycles. The van der Waals surface area contributed by atoms with Gasteiger partial charge >= 0.3 is 0 Å². The van der Waals surface area contributed by atoms with Crippen LogP contribution in [0.4, 0.5) is 5.69 Å². The van der Waals surface area contributed by atoms with Crippen molar-refractivity contribution in [3.8, 4) is 5.75 Å². The fourth-order valence-electron chi connectivity index (χ4n) is 4.42. The van der Waals surface area contributed by atoms with Crippen molar-refractivity contribution in [3.05, 3.63) is 52.5 Å². The van der Waals surface area contributed by atoms with Gasteiger partial charge in [-0.1, -0.05) is 23.7 Å². The number of nitrogens with zero attached hydrogens (tertiary/aromatic N) is 2. The van der Waals surface area contributed by atoms with E-state index in [1.165, 1.54) is 25.3 Å². The maximum absolute atomic E-state index is 12.7. The number of ether oxygens (including phenoxy) is 1. The molecule has 0 aromatic heterocycles. The second kappa shape index (κ2) is 9.81. The number of rotatable bonds is 8. The zero-order valence-corrected chi connectivity index (χ0v) is 20.4. The molecule has 1 saturated heterocycles. The molecule has 2 amide bonds. The number of halogens is 1. The van der Waals surface area contributed by atoms with Crippen LogP contribution in [0.2, 0.25) is 5.02 Å². The highest BCUT2D eigenvalue weighted by molar-refractivity contribution is 7.90. The lowest BCUT2D eigenvalue weighted by molar-refractivity contribution is 0.0867. The van der Waals surface area contributed by atoms with E-state index >= 15 is 0 Å². The molecule has 0 bridgehead atoms. The highest BCUT2D eigenvalue weighted by Gasteiger charge is 2.40. The smallest absolute Gasteiger partial charge is 0.269 e. The van der Waals surface area contributed by atoms with Gasteiger partial charge in [0.2, 0.25) is 0 Å². The number of nitrogens with two attached hydrogens (primary N) is 1. The Kier molecular flexibility index (Phi) is 7.01. The quantitative estimate of drug-likeness (QED) is 0.526. The lowest BCUT2D eigenvalue weighted by Gasteiger charge is -2.19. The third-order valence-corrected chi connectivity index (χ3v) is 8.40. The van der Waals surface area contributed by atoms with Crippen molar-refractivity contribution in [1.29, 1.82) is 0 Å². The molecule has 2 aromatic carbocycles. The van der Waals surface area contributed by atoms with Crippen molar-refractivity contribution in [2.45, 2.75) is 17.7 Å². The van der Waals surface area contributed by atoms with Crippen LogP contribution in [0.5, 0.6) is 5.75 Å². The number of amides is 2. The van der Waals surface area contributed by atoms with E-state index in [0.717, 1.165) is 23.8 Å². The van der Waals surface area contributed by atoms with Gasteiger partial charge in [-0.3, -0.25) is 9.59 Å². The van der Waals surface area contributed by atoms with E-state index in [4.69, 9.17) is 22.1 Å². The number of anilines is 1. The monoisotopic (exact) mass is 506 g/mol. The fourth-order valence-corrected chi connectivity index (χ4v) is 6.19. The van der Waals surface area contributed by atoms with Gasteiger partial charge in [-0.2, -0.15) is 0 Å². The summed E-state index contributed by atoms with van der Waals surface area (Å²) < 4.78 is 31.5. The van der Waals surface area contributed by atoms with Crippen LogP contribution < -0.4 is 15.8 Å². The summed E-state index contributed by atoms with van der Waals surface area (Å²) in [6.07, 6.45) is 1.45. The van der Waals surface area contributed by atoms with Crippen molar-refractivity contribution < 1.29 is 22.7 Å². The van der Waals surface area contributed by atoms with Gasteiger partial charge in [-0.05, 0) is 50.0 Å². The molecule has 182 valence electrons. The molecule has 3 N–H and O–H groups in total. The number of fused-ring (bicyclic) bond motifs is 1. The molecule has 34 heavy (non-hydrogen) atoms. The third kappa shape index (κ3) is 4.70. The van der Waals surface area contributed by atoms with E-state index in [1.807, 2.05) is 0 Å². The number of benzene rings is 2. The van der Waals surface area contributed by atoms with Crippen molar-refractivity contribution in [3.63, 3.8) is 0 Å². The van der Waals surface area contributed by atoms with Gasteiger partial charge in [0.25, 0.3) is 21.8 Å². The van der Waals surface area contributed by atoms with Crippen LogP contribution in [0, 0.1) is 5.92 Å². The number of carbonyl (C=O) groups excluding carboxylic acids is 2. The van der Waals surface area contributed by atoms with Crippen LogP contribution in [-0.2, 0) is 10.0 Å². The number of hydrogen-bond donors (Lipinski definition) is 2. The summed E-state index contributed by atoms with van der Waals surface area (Å²) in [5.41, 5.74) is 6.68. The summed E-state index contributed by atoms with van der Waals surface area (Å²) in [5, 5.41) is 3.22. The van der Waals surface area contributed by atoms with Gasteiger partial charge in [-0.15, -0.1) is 0 Å². The molecule has 0 aliphatic carbocycles. The predicted octanol–water partition coefficient (Wildman–Crippen LogP) is 2.22. The number of likely N-dealkylation sites (tertiary alicyclic amines) is 1. The molecular formula is C23H27ClN4O5S. The van der Waals surface area contributed by atoms with Gasteiger partial charge in [0.15, 0.2) is 0 Å². The molecule has 11 heteroatoms. The largest absolute Gasteiger partial charge is 0.496 e. The Morgan fingerprint density at radius 2 is 2.03 bits per heavy atom. The van der Waals surface area contributed by atoms with Crippen molar-refractivity contribution in [1.82, 2.24) is 14.5 Å². The van der Waals surface area contributed by atoms with Crippen LogP contribution in [-0.4, -0.2) is 69.3 Å². The third-order valence-electron chi connectivity index (χ3n) is 6.23. The van der Waals surface area contributed by atoms with Crippen LogP contribution in [0.25, 0.3) is 0 Å². The first-order valence-electron chi connectivity index (χ1n) is 11.0. The SMILES string of the molecule is COc1cc(N)c(Cl)cc1C(=O)NCC1CCN(CCCN2C(=O)c3ccccc3S2(=O)=O)C1. The average Bonchev–Trinajstić information content (AvgIpc) is 3.35. The minimum Gasteiger partial charge on any atom is -0.496 e. The van der Waals surface area contributed by atoms with Gasteiger partial charge in [0.05, 0.1) is 28.9 Å². The normalized spacial score (nSPS) is 19.3. The number of nitrogens with one attached hydrogen (secondary N) is 1. The van der Waals surface area contributed by atoms with Crippen LogP contribution in [0.1, 0.15) is 33.6 Å². The molecule has 1 atom stereocenters. The molecule has 1 fully saturated rings. The highest BCUT2D eigenvalue weighted by atomic mass is 35.5. The maximum Gasteiger partial charge on any atom is 0.269 e. The molecule has 9 nitrogen and oxygen atoms in total. The Morgan fingerprint density at radius 1 is 1.26 bits per heavy atom. The Bertz CT molecular complexity index is 1220. The number of nitrogen functional groups attached to an aromatic ring is 1. The molecule has 1 unspecified atom stereocenters. The first kappa shape index (κ1) is 24.3. The van der Waals surface area contributed by atoms with Crippen molar-refractivity contribution >= 4 is 39.1 Å². The fraction of sp³-hybridized carbons (Fsp3) is 0.391. The summed E-state index contributed by atoms with van der Waals surface area (Å²) in [4.78, 5) is 27.4. The molecule has 2 aromatic rings. The lowest BCUT2D eigenvalue weighted by atomic mass is 10.1. The Morgan fingerprint density at radius 3 is 2.76 bits per heavy atom. The van der Waals surface area contributed by atoms with E-state index < -0.39 is 15.9 Å². The van der Waals surface area contributed by atoms with Gasteiger partial charge in [0, 0.05) is 25.7 Å². The Labute approximate surface area is 203 Å². The first-order valence-corrected chi connectivity index (χ1v) is 12.8. The van der Waals surface area contributed by atoms with Gasteiger partial charge in [0.1, 0.15) is 10.6 Å². The summed E-state index contributed by atoms with van der Waals surface area (Å²) in [6.45, 7) is 2.93. The number of methoxy groups -OCH3 is 1. The van der Waals surface area contributed by atoms with Crippen LogP contribution in [0.15, 0.2) is 41.3 Å². The molecule has 2 aliphatic rings. The van der Waals surface area contributed by atoms with E-state index in [2.05, 4.69) is 10.2 Å². The Hall–Kier alpha value is -2.82. The zero-order valence-electron chi connectivity index (χ0n) is 18.8. The minimum atomic E-state index is -3.77. The minimum absolute atomic E-state index is 0.0796. The standard InChI is InChI=1S/C23H27ClN4O5S/c1-33-20-12-19(25)18(24)11-17(20)22(29)26-13-15-7-10-27(14-15)8-4-9-28-23(30)16-5-2-3-6-21(16)34(28,31)32/h2-3,5-6,11-12,15H,4,7-10,13-14,25H2,1H3,(H,26,29). The summed E-state index contributed by atoms with van der Waals surface area (Å²) in [6, 6.07) is 9.32. The van der Waals surface area contributed by atoms with Crippen molar-refractivity contribution in [2.24, 2.45) is 5.92 Å². The lowest BCUT2D eigenvalue weighted by Crippen LogP contribution is -2.34. The van der Waals surface area contributed by atoms with Crippen LogP contribution >= 0.6 is 11.6 Å². The molecule has 4 rings (SSSR count). The predicted molar refractivity (Wildman–Crippen MR) is 129 cm³/mol. The molecule has 0 saturated carbocycles. The molecule has 2 heterocycles. The molecule has 0 spiro atoms. The molecule has 0 radical (unpaired) electrons. The topological polar surface area (TPSA) is 122 Å². The van der Waals surface area contributed by atoms with E-state index in [1.54, 1.807) is 18.2 Å². The maximum atomic E-state index is 12.7. The Balaban J connectivity index is 1.25.